The summed E-state index contributed by atoms with van der Waals surface area (Å²) < 4.78 is 1.16. The number of hydrogen-bond acceptors (Lipinski definition) is 2. The van der Waals surface area contributed by atoms with Crippen molar-refractivity contribution in [2.45, 2.75) is 20.0 Å². The number of nitrogens with one attached hydrogen (secondary N) is 1. The third-order valence-corrected chi connectivity index (χ3v) is 4.47. The zero-order valence-corrected chi connectivity index (χ0v) is 13.5. The lowest BCUT2D eigenvalue weighted by Gasteiger charge is -2.09. The maximum Gasteiger partial charge on any atom is 0.0746 e. The molecule has 3 aromatic rings. The Morgan fingerprint density at radius 3 is 2.76 bits per heavy atom. The molecule has 0 fully saturated rings. The maximum atomic E-state index is 4.49. The fourth-order valence-electron chi connectivity index (χ4n) is 2.47. The van der Waals surface area contributed by atoms with E-state index in [0.29, 0.717) is 0 Å². The Kier molecular flexibility index (Phi) is 4.32. The van der Waals surface area contributed by atoms with Gasteiger partial charge in [0.05, 0.1) is 5.52 Å². The first kappa shape index (κ1) is 14.2. The van der Waals surface area contributed by atoms with Crippen molar-refractivity contribution in [3.8, 4) is 0 Å². The van der Waals surface area contributed by atoms with Crippen molar-refractivity contribution < 1.29 is 0 Å². The summed E-state index contributed by atoms with van der Waals surface area (Å²) in [6.45, 7) is 3.79. The molecule has 0 aliphatic heterocycles. The van der Waals surface area contributed by atoms with Gasteiger partial charge in [0.15, 0.2) is 0 Å². The Bertz CT molecular complexity index is 763. The summed E-state index contributed by atoms with van der Waals surface area (Å²) in [6, 6.07) is 16.9. The summed E-state index contributed by atoms with van der Waals surface area (Å²) in [6.07, 6.45) is 1.85. The highest BCUT2D eigenvalue weighted by Crippen LogP contribution is 2.18. The second-order valence-corrected chi connectivity index (χ2v) is 6.03. The summed E-state index contributed by atoms with van der Waals surface area (Å²) in [5.41, 5.74) is 4.88. The van der Waals surface area contributed by atoms with Gasteiger partial charge in [-0.15, -0.1) is 0 Å². The van der Waals surface area contributed by atoms with Crippen LogP contribution in [0.3, 0.4) is 0 Å². The van der Waals surface area contributed by atoms with E-state index in [1.807, 2.05) is 12.3 Å². The summed E-state index contributed by atoms with van der Waals surface area (Å²) in [5.74, 6) is 0. The molecule has 0 saturated carbocycles. The molecule has 1 heterocycles. The molecule has 3 heteroatoms. The second kappa shape index (κ2) is 6.37. The van der Waals surface area contributed by atoms with Crippen LogP contribution in [-0.2, 0) is 13.1 Å². The van der Waals surface area contributed by atoms with Gasteiger partial charge in [-0.3, -0.25) is 4.98 Å². The highest BCUT2D eigenvalue weighted by Gasteiger charge is 2.02. The van der Waals surface area contributed by atoms with Gasteiger partial charge in [-0.05, 0) is 35.7 Å². The Hall–Kier alpha value is -1.71. The van der Waals surface area contributed by atoms with Crippen LogP contribution in [0.4, 0.5) is 0 Å². The van der Waals surface area contributed by atoms with Gasteiger partial charge in [0.25, 0.3) is 0 Å². The van der Waals surface area contributed by atoms with Crippen molar-refractivity contribution >= 4 is 26.8 Å². The average molecular weight is 341 g/mol. The number of aryl methyl sites for hydroxylation is 1. The lowest BCUT2D eigenvalue weighted by Crippen LogP contribution is -2.13. The molecule has 0 atom stereocenters. The third kappa shape index (κ3) is 3.31. The molecule has 2 nitrogen and oxygen atoms in total. The Labute approximate surface area is 133 Å². The number of nitrogens with zero attached hydrogens (tertiary/aromatic N) is 1. The molecule has 3 rings (SSSR count). The van der Waals surface area contributed by atoms with Crippen molar-refractivity contribution in [2.75, 3.05) is 0 Å². The SMILES string of the molecule is Cc1cc(CNCc2cccc3cccnc23)ccc1Br. The zero-order chi connectivity index (χ0) is 14.7. The molecule has 106 valence electrons. The number of pyridine rings is 1. The van der Waals surface area contributed by atoms with Crippen LogP contribution >= 0.6 is 15.9 Å². The minimum absolute atomic E-state index is 0.823. The van der Waals surface area contributed by atoms with E-state index in [4.69, 9.17) is 0 Å². The van der Waals surface area contributed by atoms with Crippen LogP contribution in [0.1, 0.15) is 16.7 Å². The standard InChI is InChI=1S/C18H17BrN2/c1-13-10-14(7-8-17(13)19)11-20-12-16-5-2-4-15-6-3-9-21-18(15)16/h2-10,20H,11-12H2,1H3. The Balaban J connectivity index is 1.70. The molecular formula is C18H17BrN2. The second-order valence-electron chi connectivity index (χ2n) is 5.18. The average Bonchev–Trinajstić information content (AvgIpc) is 2.51. The molecular weight excluding hydrogens is 324 g/mol. The number of para-hydroxylation sites is 1. The maximum absolute atomic E-state index is 4.49. The number of benzene rings is 2. The first-order valence-electron chi connectivity index (χ1n) is 7.02. The van der Waals surface area contributed by atoms with Crippen LogP contribution < -0.4 is 5.32 Å². The summed E-state index contributed by atoms with van der Waals surface area (Å²) >= 11 is 3.53. The lowest BCUT2D eigenvalue weighted by molar-refractivity contribution is 0.695. The smallest absolute Gasteiger partial charge is 0.0746 e. The number of hydrogen-bond donors (Lipinski definition) is 1. The van der Waals surface area contributed by atoms with Crippen LogP contribution in [0.2, 0.25) is 0 Å². The lowest BCUT2D eigenvalue weighted by atomic mass is 10.1. The predicted octanol–water partition coefficient (Wildman–Crippen LogP) is 4.60. The van der Waals surface area contributed by atoms with E-state index in [1.54, 1.807) is 0 Å². The molecule has 0 saturated heterocycles. The quantitative estimate of drug-likeness (QED) is 0.750. The van der Waals surface area contributed by atoms with Crippen LogP contribution in [0, 0.1) is 6.92 Å². The number of rotatable bonds is 4. The van der Waals surface area contributed by atoms with Gasteiger partial charge in [-0.1, -0.05) is 52.3 Å². The fourth-order valence-corrected chi connectivity index (χ4v) is 2.71. The summed E-state index contributed by atoms with van der Waals surface area (Å²) in [5, 5.41) is 4.69. The normalized spacial score (nSPS) is 11.0. The largest absolute Gasteiger partial charge is 0.309 e. The van der Waals surface area contributed by atoms with Gasteiger partial charge >= 0.3 is 0 Å². The van der Waals surface area contributed by atoms with E-state index in [-0.39, 0.29) is 0 Å². The molecule has 0 radical (unpaired) electrons. The highest BCUT2D eigenvalue weighted by atomic mass is 79.9. The molecule has 21 heavy (non-hydrogen) atoms. The van der Waals surface area contributed by atoms with Crippen LogP contribution in [0.15, 0.2) is 59.2 Å². The molecule has 1 N–H and O–H groups in total. The third-order valence-electron chi connectivity index (χ3n) is 3.58. The van der Waals surface area contributed by atoms with E-state index in [9.17, 15) is 0 Å². The van der Waals surface area contributed by atoms with Crippen LogP contribution in [0.5, 0.6) is 0 Å². The van der Waals surface area contributed by atoms with Gasteiger partial charge in [0.1, 0.15) is 0 Å². The van der Waals surface area contributed by atoms with Gasteiger partial charge in [-0.2, -0.15) is 0 Å². The molecule has 0 amide bonds. The van der Waals surface area contributed by atoms with Crippen molar-refractivity contribution in [3.05, 3.63) is 75.9 Å². The summed E-state index contributed by atoms with van der Waals surface area (Å²) in [7, 11) is 0. The summed E-state index contributed by atoms with van der Waals surface area (Å²) in [4.78, 5) is 4.49. The first-order valence-corrected chi connectivity index (χ1v) is 7.82. The minimum Gasteiger partial charge on any atom is -0.309 e. The predicted molar refractivity (Wildman–Crippen MR) is 91.2 cm³/mol. The fraction of sp³-hybridized carbons (Fsp3) is 0.167. The molecule has 0 unspecified atom stereocenters. The molecule has 0 aliphatic rings. The van der Waals surface area contributed by atoms with E-state index in [0.717, 1.165) is 23.1 Å². The molecule has 0 bridgehead atoms. The number of halogens is 1. The minimum atomic E-state index is 0.823. The van der Waals surface area contributed by atoms with Gasteiger partial charge in [0.2, 0.25) is 0 Å². The van der Waals surface area contributed by atoms with Crippen LogP contribution in [-0.4, -0.2) is 4.98 Å². The van der Waals surface area contributed by atoms with E-state index in [2.05, 4.69) is 75.6 Å². The van der Waals surface area contributed by atoms with Crippen molar-refractivity contribution in [2.24, 2.45) is 0 Å². The Morgan fingerprint density at radius 1 is 1.05 bits per heavy atom. The van der Waals surface area contributed by atoms with Crippen molar-refractivity contribution in [1.82, 2.24) is 10.3 Å². The van der Waals surface area contributed by atoms with E-state index in [1.165, 1.54) is 22.1 Å². The van der Waals surface area contributed by atoms with Gasteiger partial charge < -0.3 is 5.32 Å². The topological polar surface area (TPSA) is 24.9 Å². The van der Waals surface area contributed by atoms with E-state index >= 15 is 0 Å². The van der Waals surface area contributed by atoms with Gasteiger partial charge in [0, 0.05) is 29.1 Å². The molecule has 2 aromatic carbocycles. The highest BCUT2D eigenvalue weighted by molar-refractivity contribution is 9.10. The zero-order valence-electron chi connectivity index (χ0n) is 11.9. The van der Waals surface area contributed by atoms with E-state index < -0.39 is 0 Å². The first-order chi connectivity index (χ1) is 10.2. The van der Waals surface area contributed by atoms with Gasteiger partial charge in [-0.25, -0.2) is 0 Å². The van der Waals surface area contributed by atoms with Crippen molar-refractivity contribution in [3.63, 3.8) is 0 Å². The molecule has 0 aliphatic carbocycles. The Morgan fingerprint density at radius 2 is 1.90 bits per heavy atom. The number of aromatic nitrogens is 1. The monoisotopic (exact) mass is 340 g/mol. The van der Waals surface area contributed by atoms with Crippen molar-refractivity contribution in [1.29, 1.82) is 0 Å². The molecule has 1 aromatic heterocycles. The molecule has 0 spiro atoms. The van der Waals surface area contributed by atoms with Crippen LogP contribution in [0.25, 0.3) is 10.9 Å². The number of fused-ring (bicyclic) bond motifs is 1.